The Morgan fingerprint density at radius 1 is 0.826 bits per heavy atom. The molecule has 0 amide bonds. The van der Waals surface area contributed by atoms with Gasteiger partial charge in [-0.25, -0.2) is 0 Å². The molecule has 0 saturated heterocycles. The molecule has 23 heavy (non-hydrogen) atoms. The van der Waals surface area contributed by atoms with Crippen molar-refractivity contribution < 1.29 is 0 Å². The quantitative estimate of drug-likeness (QED) is 0.583. The minimum Gasteiger partial charge on any atom is -0.0724 e. The first-order valence-corrected chi connectivity index (χ1v) is 9.02. The van der Waals surface area contributed by atoms with E-state index in [1.807, 2.05) is 0 Å². The van der Waals surface area contributed by atoms with E-state index in [2.05, 4.69) is 65.8 Å². The van der Waals surface area contributed by atoms with Crippen LogP contribution in [0.5, 0.6) is 0 Å². The first-order chi connectivity index (χ1) is 10.8. The van der Waals surface area contributed by atoms with Crippen LogP contribution < -0.4 is 0 Å². The maximum atomic E-state index is 2.53. The van der Waals surface area contributed by atoms with Crippen molar-refractivity contribution in [1.82, 2.24) is 0 Å². The van der Waals surface area contributed by atoms with Gasteiger partial charge in [-0.15, -0.1) is 0 Å². The lowest BCUT2D eigenvalue weighted by Crippen LogP contribution is -2.40. The zero-order valence-electron chi connectivity index (χ0n) is 15.4. The van der Waals surface area contributed by atoms with E-state index in [0.29, 0.717) is 0 Å². The van der Waals surface area contributed by atoms with E-state index in [9.17, 15) is 0 Å². The Morgan fingerprint density at radius 3 is 2.00 bits per heavy atom. The number of benzene rings is 1. The third-order valence-electron chi connectivity index (χ3n) is 7.65. The highest BCUT2D eigenvalue weighted by molar-refractivity contribution is 5.71. The topological polar surface area (TPSA) is 0 Å². The lowest BCUT2D eigenvalue weighted by Gasteiger charge is -2.45. The monoisotopic (exact) mass is 304 g/mol. The van der Waals surface area contributed by atoms with Gasteiger partial charge in [-0.2, -0.15) is 0 Å². The summed E-state index contributed by atoms with van der Waals surface area (Å²) < 4.78 is 0. The van der Waals surface area contributed by atoms with Crippen LogP contribution in [0.3, 0.4) is 0 Å². The predicted octanol–water partition coefficient (Wildman–Crippen LogP) is 6.15. The number of rotatable bonds is 1. The van der Waals surface area contributed by atoms with E-state index in [1.165, 1.54) is 36.0 Å². The number of hydrogen-bond acceptors (Lipinski definition) is 0. The summed E-state index contributed by atoms with van der Waals surface area (Å²) in [6, 6.07) is 5.00. The molecule has 0 heterocycles. The zero-order valence-corrected chi connectivity index (χ0v) is 15.4. The Bertz CT molecular complexity index is 789. The van der Waals surface area contributed by atoms with Crippen molar-refractivity contribution in [3.8, 4) is 0 Å². The summed E-state index contributed by atoms with van der Waals surface area (Å²) >= 11 is 0. The number of allylic oxidation sites excluding steroid dienone is 5. The van der Waals surface area contributed by atoms with Crippen molar-refractivity contribution in [1.29, 1.82) is 0 Å². The molecule has 1 aromatic rings. The second-order valence-electron chi connectivity index (χ2n) is 8.22. The van der Waals surface area contributed by atoms with Gasteiger partial charge in [-0.1, -0.05) is 49.3 Å². The molecule has 0 fully saturated rings. The second-order valence-corrected chi connectivity index (χ2v) is 8.22. The van der Waals surface area contributed by atoms with Crippen LogP contribution >= 0.6 is 0 Å². The summed E-state index contributed by atoms with van der Waals surface area (Å²) in [6.45, 7) is 14.2. The average Bonchev–Trinajstić information content (AvgIpc) is 3.17. The first-order valence-electron chi connectivity index (χ1n) is 9.02. The second kappa shape index (κ2) is 4.50. The lowest BCUT2D eigenvalue weighted by atomic mass is 9.58. The zero-order chi connectivity index (χ0) is 16.6. The maximum absolute atomic E-state index is 2.53. The molecule has 1 unspecified atom stereocenters. The molecular formula is C23H28. The van der Waals surface area contributed by atoms with Crippen molar-refractivity contribution in [3.05, 3.63) is 62.8 Å². The maximum Gasteiger partial charge on any atom is 0.0241 e. The van der Waals surface area contributed by atoms with E-state index >= 15 is 0 Å². The summed E-state index contributed by atoms with van der Waals surface area (Å²) in [5, 5.41) is 0. The van der Waals surface area contributed by atoms with Gasteiger partial charge in [0, 0.05) is 10.8 Å². The van der Waals surface area contributed by atoms with Gasteiger partial charge in [-0.3, -0.25) is 0 Å². The molecule has 0 aromatic heterocycles. The normalized spacial score (nSPS) is 27.9. The number of aryl methyl sites for hydroxylation is 2. The molecule has 0 radical (unpaired) electrons. The smallest absolute Gasteiger partial charge is 0.0241 e. The molecule has 120 valence electrons. The Balaban J connectivity index is 1.95. The minimum absolute atomic E-state index is 0.0626. The van der Waals surface area contributed by atoms with Crippen LogP contribution in [0.2, 0.25) is 0 Å². The largest absolute Gasteiger partial charge is 0.0724 e. The van der Waals surface area contributed by atoms with E-state index in [-0.39, 0.29) is 10.8 Å². The van der Waals surface area contributed by atoms with E-state index in [1.54, 1.807) is 27.8 Å². The highest BCUT2D eigenvalue weighted by atomic mass is 14.5. The van der Waals surface area contributed by atoms with Crippen molar-refractivity contribution >= 4 is 6.08 Å². The molecule has 0 heteroatoms. The summed E-state index contributed by atoms with van der Waals surface area (Å²) in [7, 11) is 0. The molecule has 0 nitrogen and oxygen atoms in total. The Kier molecular flexibility index (Phi) is 2.93. The molecule has 0 aliphatic heterocycles. The molecule has 0 N–H and O–H groups in total. The van der Waals surface area contributed by atoms with Crippen LogP contribution in [0.15, 0.2) is 40.5 Å². The minimum atomic E-state index is 0.0626. The summed E-state index contributed by atoms with van der Waals surface area (Å²) in [5.74, 6) is 0. The van der Waals surface area contributed by atoms with Crippen LogP contribution in [0.25, 0.3) is 6.08 Å². The molecule has 3 aliphatic rings. The van der Waals surface area contributed by atoms with Crippen molar-refractivity contribution in [3.63, 3.8) is 0 Å². The number of fused-ring (bicyclic) bond motifs is 2. The molecule has 0 bridgehead atoms. The molecule has 1 atom stereocenters. The van der Waals surface area contributed by atoms with Gasteiger partial charge >= 0.3 is 0 Å². The standard InChI is InChI=1S/C23H28/c1-14-15(2)17(4)23(6,16(14)3)22(5)11-10-20-12-18-8-7-9-19(18)13-21(20)22/h10-13H,7-9H2,1-6H3. The lowest BCUT2D eigenvalue weighted by molar-refractivity contribution is 0.317. The van der Waals surface area contributed by atoms with E-state index in [0.717, 1.165) is 0 Å². The van der Waals surface area contributed by atoms with Crippen molar-refractivity contribution in [2.45, 2.75) is 66.2 Å². The average molecular weight is 304 g/mol. The van der Waals surface area contributed by atoms with E-state index in [4.69, 9.17) is 0 Å². The highest BCUT2D eigenvalue weighted by Gasteiger charge is 2.52. The molecule has 3 aliphatic carbocycles. The molecular weight excluding hydrogens is 276 g/mol. The van der Waals surface area contributed by atoms with Gasteiger partial charge in [0.05, 0.1) is 0 Å². The Hall–Kier alpha value is -1.56. The van der Waals surface area contributed by atoms with Gasteiger partial charge in [0.15, 0.2) is 0 Å². The fourth-order valence-electron chi connectivity index (χ4n) is 5.39. The molecule has 4 rings (SSSR count). The highest BCUT2D eigenvalue weighted by Crippen LogP contribution is 2.60. The van der Waals surface area contributed by atoms with Gasteiger partial charge < -0.3 is 0 Å². The van der Waals surface area contributed by atoms with Crippen molar-refractivity contribution in [2.75, 3.05) is 0 Å². The number of hydrogen-bond donors (Lipinski definition) is 0. The van der Waals surface area contributed by atoms with Gasteiger partial charge in [0.25, 0.3) is 0 Å². The predicted molar refractivity (Wildman–Crippen MR) is 99.7 cm³/mol. The SMILES string of the molecule is CC1=C(C)C(C)(C2(C)C=Cc3cc4c(cc32)CCC4)C(C)=C1C. The third kappa shape index (κ3) is 1.62. The molecule has 0 spiro atoms. The van der Waals surface area contributed by atoms with Crippen LogP contribution in [0.1, 0.15) is 70.2 Å². The first kappa shape index (κ1) is 15.0. The Morgan fingerprint density at radius 2 is 1.39 bits per heavy atom. The van der Waals surface area contributed by atoms with Crippen LogP contribution in [0, 0.1) is 5.41 Å². The third-order valence-corrected chi connectivity index (χ3v) is 7.65. The fraction of sp³-hybridized carbons (Fsp3) is 0.478. The van der Waals surface area contributed by atoms with Gasteiger partial charge in [0.1, 0.15) is 0 Å². The van der Waals surface area contributed by atoms with Crippen LogP contribution in [-0.2, 0) is 18.3 Å². The molecule has 0 saturated carbocycles. The van der Waals surface area contributed by atoms with Crippen LogP contribution in [-0.4, -0.2) is 0 Å². The van der Waals surface area contributed by atoms with Crippen LogP contribution in [0.4, 0.5) is 0 Å². The fourth-order valence-corrected chi connectivity index (χ4v) is 5.39. The summed E-state index contributed by atoms with van der Waals surface area (Å²) in [6.07, 6.45) is 8.71. The van der Waals surface area contributed by atoms with Gasteiger partial charge in [-0.05, 0) is 80.4 Å². The summed E-state index contributed by atoms with van der Waals surface area (Å²) in [5.41, 5.74) is 12.4. The van der Waals surface area contributed by atoms with Crippen molar-refractivity contribution in [2.24, 2.45) is 5.41 Å². The molecule has 1 aromatic carbocycles. The summed E-state index contributed by atoms with van der Waals surface area (Å²) in [4.78, 5) is 0. The van der Waals surface area contributed by atoms with E-state index < -0.39 is 0 Å². The Labute approximate surface area is 141 Å². The van der Waals surface area contributed by atoms with Gasteiger partial charge in [0.2, 0.25) is 0 Å².